The van der Waals surface area contributed by atoms with Gasteiger partial charge in [-0.05, 0) is 74.9 Å². The molecular weight excluding hydrogens is 414 g/mol. The predicted octanol–water partition coefficient (Wildman–Crippen LogP) is 4.29. The Labute approximate surface area is 183 Å². The normalized spacial score (nSPS) is 19.4. The molecule has 0 saturated heterocycles. The van der Waals surface area contributed by atoms with Gasteiger partial charge in [-0.3, -0.25) is 0 Å². The lowest BCUT2D eigenvalue weighted by atomic mass is 9.87. The van der Waals surface area contributed by atoms with E-state index in [9.17, 15) is 13.2 Å². The lowest BCUT2D eigenvalue weighted by Crippen LogP contribution is -2.22. The van der Waals surface area contributed by atoms with Gasteiger partial charge >= 0.3 is 5.97 Å². The first kappa shape index (κ1) is 21.6. The molecule has 0 spiro atoms. The van der Waals surface area contributed by atoms with E-state index in [1.165, 1.54) is 31.4 Å². The average molecular weight is 442 g/mol. The van der Waals surface area contributed by atoms with Crippen molar-refractivity contribution in [2.75, 3.05) is 0 Å². The van der Waals surface area contributed by atoms with Crippen LogP contribution in [0.4, 0.5) is 0 Å². The summed E-state index contributed by atoms with van der Waals surface area (Å²) in [6.45, 7) is 3.64. The lowest BCUT2D eigenvalue weighted by Gasteiger charge is -2.23. The molecule has 0 unspecified atom stereocenters. The van der Waals surface area contributed by atoms with E-state index >= 15 is 0 Å². The molecular formula is C24H27NO5S. The van der Waals surface area contributed by atoms with Gasteiger partial charge in [0, 0.05) is 5.57 Å². The van der Waals surface area contributed by atoms with E-state index in [-0.39, 0.29) is 11.0 Å². The van der Waals surface area contributed by atoms with Gasteiger partial charge in [0.05, 0.1) is 16.6 Å². The van der Waals surface area contributed by atoms with Gasteiger partial charge in [-0.1, -0.05) is 30.7 Å². The Morgan fingerprint density at radius 3 is 2.10 bits per heavy atom. The number of cyclic esters (lactones) is 1. The molecule has 2 aromatic rings. The standard InChI is InChI=1S/C24H27NO5S/c1-24(2)22(17-10-14-20(15-11-17)31(25,27)28)21(23(26)30-24)16-8-12-19(13-9-16)29-18-6-4-3-5-7-18/h8-15,18H,3-7H2,1-2H3,(H2,25,27,28). The third-order valence-corrected chi connectivity index (χ3v) is 6.80. The van der Waals surface area contributed by atoms with E-state index in [0.717, 1.165) is 24.2 Å². The Morgan fingerprint density at radius 1 is 0.935 bits per heavy atom. The van der Waals surface area contributed by atoms with Crippen LogP contribution in [0.25, 0.3) is 11.1 Å². The molecule has 2 N–H and O–H groups in total. The lowest BCUT2D eigenvalue weighted by molar-refractivity contribution is -0.141. The number of ether oxygens (including phenoxy) is 2. The number of esters is 1. The fourth-order valence-electron chi connectivity index (χ4n) is 4.38. The van der Waals surface area contributed by atoms with E-state index in [2.05, 4.69) is 0 Å². The van der Waals surface area contributed by atoms with Crippen LogP contribution in [0.3, 0.4) is 0 Å². The Balaban J connectivity index is 1.68. The second kappa shape index (κ2) is 8.13. The number of carbonyl (C=O) groups excluding carboxylic acids is 1. The van der Waals surface area contributed by atoms with Gasteiger partial charge in [-0.15, -0.1) is 0 Å². The van der Waals surface area contributed by atoms with Crippen LogP contribution in [-0.2, 0) is 19.6 Å². The van der Waals surface area contributed by atoms with Gasteiger partial charge in [0.1, 0.15) is 11.4 Å². The molecule has 7 heteroatoms. The molecule has 0 amide bonds. The van der Waals surface area contributed by atoms with Crippen molar-refractivity contribution in [2.24, 2.45) is 5.14 Å². The first-order valence-corrected chi connectivity index (χ1v) is 12.1. The van der Waals surface area contributed by atoms with Crippen LogP contribution in [-0.4, -0.2) is 26.1 Å². The molecule has 1 aliphatic carbocycles. The molecule has 1 saturated carbocycles. The Morgan fingerprint density at radius 2 is 1.52 bits per heavy atom. The molecule has 2 aliphatic rings. The highest BCUT2D eigenvalue weighted by molar-refractivity contribution is 7.89. The summed E-state index contributed by atoms with van der Waals surface area (Å²) >= 11 is 0. The Kier molecular flexibility index (Phi) is 5.66. The Hall–Kier alpha value is -2.64. The van der Waals surface area contributed by atoms with E-state index < -0.39 is 21.6 Å². The molecule has 0 aromatic heterocycles. The molecule has 164 valence electrons. The van der Waals surface area contributed by atoms with Crippen molar-refractivity contribution >= 4 is 27.1 Å². The van der Waals surface area contributed by atoms with Crippen molar-refractivity contribution in [3.8, 4) is 5.75 Å². The molecule has 0 atom stereocenters. The van der Waals surface area contributed by atoms with Crippen molar-refractivity contribution in [3.63, 3.8) is 0 Å². The fourth-order valence-corrected chi connectivity index (χ4v) is 4.89. The number of hydrogen-bond donors (Lipinski definition) is 1. The van der Waals surface area contributed by atoms with Gasteiger partial charge in [-0.2, -0.15) is 0 Å². The van der Waals surface area contributed by atoms with E-state index in [1.54, 1.807) is 12.1 Å². The van der Waals surface area contributed by atoms with Crippen LogP contribution in [0.1, 0.15) is 57.1 Å². The molecule has 1 heterocycles. The third kappa shape index (κ3) is 4.52. The van der Waals surface area contributed by atoms with Crippen LogP contribution >= 0.6 is 0 Å². The van der Waals surface area contributed by atoms with Crippen LogP contribution in [0.5, 0.6) is 5.75 Å². The summed E-state index contributed by atoms with van der Waals surface area (Å²) in [5.41, 5.74) is 1.77. The summed E-state index contributed by atoms with van der Waals surface area (Å²) in [4.78, 5) is 12.8. The molecule has 1 fully saturated rings. The van der Waals surface area contributed by atoms with Crippen LogP contribution in [0, 0.1) is 0 Å². The highest BCUT2D eigenvalue weighted by Gasteiger charge is 2.41. The molecule has 2 aromatic carbocycles. The maximum atomic E-state index is 12.8. The van der Waals surface area contributed by atoms with Gasteiger partial charge < -0.3 is 9.47 Å². The molecule has 31 heavy (non-hydrogen) atoms. The van der Waals surface area contributed by atoms with Crippen molar-refractivity contribution in [1.29, 1.82) is 0 Å². The van der Waals surface area contributed by atoms with Crippen molar-refractivity contribution in [3.05, 3.63) is 59.7 Å². The first-order chi connectivity index (χ1) is 14.6. The number of primary sulfonamides is 1. The topological polar surface area (TPSA) is 95.7 Å². The second-order valence-corrected chi connectivity index (χ2v) is 10.2. The van der Waals surface area contributed by atoms with Crippen LogP contribution < -0.4 is 9.88 Å². The number of sulfonamides is 1. The van der Waals surface area contributed by atoms with Crippen molar-refractivity contribution in [2.45, 2.75) is 62.6 Å². The number of benzene rings is 2. The van der Waals surface area contributed by atoms with E-state index in [4.69, 9.17) is 14.6 Å². The quantitative estimate of drug-likeness (QED) is 0.698. The molecule has 1 aliphatic heterocycles. The smallest absolute Gasteiger partial charge is 0.340 e. The maximum absolute atomic E-state index is 12.8. The summed E-state index contributed by atoms with van der Waals surface area (Å²) in [6.07, 6.45) is 6.07. The Bertz CT molecular complexity index is 1110. The number of hydrogen-bond acceptors (Lipinski definition) is 5. The van der Waals surface area contributed by atoms with Crippen LogP contribution in [0.15, 0.2) is 53.4 Å². The zero-order chi connectivity index (χ0) is 22.2. The highest BCUT2D eigenvalue weighted by Crippen LogP contribution is 2.44. The minimum Gasteiger partial charge on any atom is -0.490 e. The zero-order valence-electron chi connectivity index (χ0n) is 17.8. The summed E-state index contributed by atoms with van der Waals surface area (Å²) in [7, 11) is -3.79. The van der Waals surface area contributed by atoms with Crippen molar-refractivity contribution < 1.29 is 22.7 Å². The maximum Gasteiger partial charge on any atom is 0.340 e. The zero-order valence-corrected chi connectivity index (χ0v) is 18.6. The summed E-state index contributed by atoms with van der Waals surface area (Å²) in [6, 6.07) is 13.7. The number of carbonyl (C=O) groups is 1. The summed E-state index contributed by atoms with van der Waals surface area (Å²) in [5.74, 6) is 0.386. The molecule has 6 nitrogen and oxygen atoms in total. The van der Waals surface area contributed by atoms with Gasteiger partial charge in [-0.25, -0.2) is 18.4 Å². The first-order valence-electron chi connectivity index (χ1n) is 10.5. The fraction of sp³-hybridized carbons (Fsp3) is 0.375. The summed E-state index contributed by atoms with van der Waals surface area (Å²) < 4.78 is 34.9. The summed E-state index contributed by atoms with van der Waals surface area (Å²) in [5, 5.41) is 5.20. The van der Waals surface area contributed by atoms with Crippen LogP contribution in [0.2, 0.25) is 0 Å². The van der Waals surface area contributed by atoms with Gasteiger partial charge in [0.15, 0.2) is 0 Å². The third-order valence-electron chi connectivity index (χ3n) is 5.87. The highest BCUT2D eigenvalue weighted by atomic mass is 32.2. The van der Waals surface area contributed by atoms with E-state index in [0.29, 0.717) is 16.7 Å². The monoisotopic (exact) mass is 441 g/mol. The number of nitrogens with two attached hydrogens (primary N) is 1. The van der Waals surface area contributed by atoms with E-state index in [1.807, 2.05) is 38.1 Å². The number of rotatable bonds is 5. The van der Waals surface area contributed by atoms with Crippen molar-refractivity contribution in [1.82, 2.24) is 0 Å². The largest absolute Gasteiger partial charge is 0.490 e. The minimum absolute atomic E-state index is 0.0191. The molecule has 0 bridgehead atoms. The predicted molar refractivity (Wildman–Crippen MR) is 119 cm³/mol. The average Bonchev–Trinajstić information content (AvgIpc) is 2.97. The second-order valence-electron chi connectivity index (χ2n) is 8.62. The SMILES string of the molecule is CC1(C)OC(=O)C(c2ccc(OC3CCCCC3)cc2)=C1c1ccc(S(N)(=O)=O)cc1. The minimum atomic E-state index is -3.79. The van der Waals surface area contributed by atoms with Gasteiger partial charge in [0.25, 0.3) is 0 Å². The molecule has 4 rings (SSSR count). The molecule has 0 radical (unpaired) electrons. The van der Waals surface area contributed by atoms with Gasteiger partial charge in [0.2, 0.25) is 10.0 Å².